The van der Waals surface area contributed by atoms with E-state index in [0.717, 1.165) is 30.9 Å². The molecule has 7 nitrogen and oxygen atoms in total. The van der Waals surface area contributed by atoms with E-state index >= 15 is 0 Å². The first-order valence-corrected chi connectivity index (χ1v) is 12.2. The average molecular weight is 452 g/mol. The Hall–Kier alpha value is -1.53. The smallest absolute Gasteiger partial charge is 0.493 e. The molecule has 2 saturated heterocycles. The van der Waals surface area contributed by atoms with E-state index in [9.17, 15) is 4.57 Å². The zero-order chi connectivity index (χ0) is 22.7. The second kappa shape index (κ2) is 7.51. The highest BCUT2D eigenvalue weighted by molar-refractivity contribution is 7.49. The molecule has 0 saturated carbocycles. The highest BCUT2D eigenvalue weighted by Crippen LogP contribution is 2.66. The normalized spacial score (nSPS) is 31.1. The van der Waals surface area contributed by atoms with Crippen molar-refractivity contribution >= 4 is 7.82 Å². The third-order valence-electron chi connectivity index (χ3n) is 7.49. The maximum absolute atomic E-state index is 13.2. The van der Waals surface area contributed by atoms with Crippen molar-refractivity contribution in [1.82, 2.24) is 4.90 Å². The second-order valence-corrected chi connectivity index (χ2v) is 11.2. The van der Waals surface area contributed by atoms with Gasteiger partial charge < -0.3 is 18.9 Å². The second-order valence-electron chi connectivity index (χ2n) is 9.79. The predicted molar refractivity (Wildman–Crippen MR) is 119 cm³/mol. The molecule has 2 heterocycles. The van der Waals surface area contributed by atoms with Crippen LogP contribution in [-0.2, 0) is 23.6 Å². The van der Waals surface area contributed by atoms with Crippen LogP contribution in [0.25, 0.3) is 0 Å². The molecule has 0 bridgehead atoms. The standard InChI is InChI=1S/C23H34NO6P/c1-21(2)22(3,4)30-31(25,29-21)28-17-10-11-23(12-13-24(5)20(23)15-17)16-8-9-18(26-6)19(14-16)27-7/h8-10,14,20H,11-13,15H2,1-7H3/t20-,23-/m0/s1. The van der Waals surface area contributed by atoms with Crippen LogP contribution in [0.3, 0.4) is 0 Å². The molecular weight excluding hydrogens is 417 g/mol. The third kappa shape index (κ3) is 3.70. The van der Waals surface area contributed by atoms with Crippen molar-refractivity contribution in [3.8, 4) is 11.5 Å². The summed E-state index contributed by atoms with van der Waals surface area (Å²) < 4.78 is 41.7. The van der Waals surface area contributed by atoms with E-state index in [4.69, 9.17) is 23.0 Å². The molecule has 0 N–H and O–H groups in total. The molecule has 1 aromatic rings. The summed E-state index contributed by atoms with van der Waals surface area (Å²) in [5, 5.41) is 0. The number of allylic oxidation sites excluding steroid dienone is 1. The summed E-state index contributed by atoms with van der Waals surface area (Å²) in [5.74, 6) is 2.13. The van der Waals surface area contributed by atoms with Crippen molar-refractivity contribution in [3.63, 3.8) is 0 Å². The van der Waals surface area contributed by atoms with Crippen LogP contribution >= 0.6 is 7.82 Å². The number of methoxy groups -OCH3 is 2. The Balaban J connectivity index is 1.62. The topological polar surface area (TPSA) is 66.5 Å². The van der Waals surface area contributed by atoms with Crippen molar-refractivity contribution in [2.75, 3.05) is 27.8 Å². The number of phosphoric ester groups is 1. The molecule has 2 aliphatic heterocycles. The van der Waals surface area contributed by atoms with E-state index < -0.39 is 19.0 Å². The molecule has 0 amide bonds. The van der Waals surface area contributed by atoms with Gasteiger partial charge in [0.1, 0.15) is 17.0 Å². The van der Waals surface area contributed by atoms with E-state index in [1.165, 1.54) is 5.56 Å². The summed E-state index contributed by atoms with van der Waals surface area (Å²) >= 11 is 0. The first kappa shape index (κ1) is 22.7. The molecule has 0 unspecified atom stereocenters. The van der Waals surface area contributed by atoms with E-state index in [2.05, 4.69) is 30.2 Å². The summed E-state index contributed by atoms with van der Waals surface area (Å²) in [6.07, 6.45) is 4.50. The molecule has 4 rings (SSSR count). The molecule has 0 radical (unpaired) electrons. The van der Waals surface area contributed by atoms with Gasteiger partial charge in [-0.25, -0.2) is 4.57 Å². The maximum atomic E-state index is 13.2. The van der Waals surface area contributed by atoms with E-state index in [-0.39, 0.29) is 11.5 Å². The van der Waals surface area contributed by atoms with Crippen LogP contribution in [0.5, 0.6) is 11.5 Å². The van der Waals surface area contributed by atoms with Gasteiger partial charge in [-0.1, -0.05) is 6.07 Å². The van der Waals surface area contributed by atoms with E-state index in [0.29, 0.717) is 12.2 Å². The molecule has 31 heavy (non-hydrogen) atoms. The lowest BCUT2D eigenvalue weighted by Crippen LogP contribution is -2.43. The largest absolute Gasteiger partial charge is 0.530 e. The van der Waals surface area contributed by atoms with Gasteiger partial charge >= 0.3 is 7.82 Å². The van der Waals surface area contributed by atoms with Gasteiger partial charge in [-0.2, -0.15) is 0 Å². The summed E-state index contributed by atoms with van der Waals surface area (Å²) in [4.78, 5) is 2.35. The van der Waals surface area contributed by atoms with Crippen molar-refractivity contribution in [2.24, 2.45) is 0 Å². The number of hydrogen-bond donors (Lipinski definition) is 0. The fourth-order valence-electron chi connectivity index (χ4n) is 4.93. The first-order valence-electron chi connectivity index (χ1n) is 10.8. The SMILES string of the molecule is COc1ccc([C@@]23CC=C(OP4(=O)OC(C)(C)C(C)(C)O4)C[C@@H]2N(C)CC3)cc1OC. The number of phosphoric acid groups is 1. The van der Waals surface area contributed by atoms with Crippen molar-refractivity contribution in [2.45, 2.75) is 69.6 Å². The molecule has 172 valence electrons. The van der Waals surface area contributed by atoms with Gasteiger partial charge in [0.2, 0.25) is 0 Å². The van der Waals surface area contributed by atoms with Gasteiger partial charge in [0.05, 0.1) is 14.2 Å². The highest BCUT2D eigenvalue weighted by Gasteiger charge is 2.58. The Morgan fingerprint density at radius 2 is 1.71 bits per heavy atom. The molecule has 3 aliphatic rings. The summed E-state index contributed by atoms with van der Waals surface area (Å²) in [6, 6.07) is 6.39. The van der Waals surface area contributed by atoms with Gasteiger partial charge in [0, 0.05) is 17.9 Å². The molecule has 2 atom stereocenters. The van der Waals surface area contributed by atoms with Gasteiger partial charge in [0.25, 0.3) is 0 Å². The third-order valence-corrected chi connectivity index (χ3v) is 9.30. The molecule has 8 heteroatoms. The summed E-state index contributed by atoms with van der Waals surface area (Å²) in [7, 11) is 1.76. The fraction of sp³-hybridized carbons (Fsp3) is 0.652. The minimum absolute atomic E-state index is 0.0639. The molecule has 1 aromatic carbocycles. The minimum Gasteiger partial charge on any atom is -0.493 e. The molecule has 1 aliphatic carbocycles. The Labute approximate surface area is 185 Å². The van der Waals surface area contributed by atoms with Crippen LogP contribution in [0.4, 0.5) is 0 Å². The van der Waals surface area contributed by atoms with Crippen LogP contribution in [-0.4, -0.2) is 50.0 Å². The van der Waals surface area contributed by atoms with Crippen molar-refractivity contribution < 1.29 is 27.6 Å². The number of hydrogen-bond acceptors (Lipinski definition) is 7. The van der Waals surface area contributed by atoms with Gasteiger partial charge in [-0.15, -0.1) is 0 Å². The lowest BCUT2D eigenvalue weighted by atomic mass is 9.68. The van der Waals surface area contributed by atoms with Gasteiger partial charge in [-0.3, -0.25) is 9.05 Å². The van der Waals surface area contributed by atoms with E-state index in [1.54, 1.807) is 14.2 Å². The van der Waals surface area contributed by atoms with Crippen LogP contribution < -0.4 is 9.47 Å². The fourth-order valence-corrected chi connectivity index (χ4v) is 7.04. The number of fused-ring (bicyclic) bond motifs is 1. The maximum Gasteiger partial charge on any atom is 0.530 e. The Bertz CT molecular complexity index is 922. The van der Waals surface area contributed by atoms with Gasteiger partial charge in [-0.05, 0) is 77.9 Å². The monoisotopic (exact) mass is 451 g/mol. The van der Waals surface area contributed by atoms with Crippen LogP contribution in [0, 0.1) is 0 Å². The van der Waals surface area contributed by atoms with Gasteiger partial charge in [0.15, 0.2) is 11.5 Å². The Morgan fingerprint density at radius 3 is 2.32 bits per heavy atom. The van der Waals surface area contributed by atoms with Crippen LogP contribution in [0.1, 0.15) is 52.5 Å². The molecular formula is C23H34NO6P. The number of nitrogens with zero attached hydrogens (tertiary/aromatic N) is 1. The van der Waals surface area contributed by atoms with Crippen LogP contribution in [0.15, 0.2) is 30.0 Å². The average Bonchev–Trinajstić information content (AvgIpc) is 3.11. The van der Waals surface area contributed by atoms with E-state index in [1.807, 2.05) is 33.8 Å². The molecule has 0 aromatic heterocycles. The lowest BCUT2D eigenvalue weighted by molar-refractivity contribution is 0.00578. The number of ether oxygens (including phenoxy) is 2. The zero-order valence-electron chi connectivity index (χ0n) is 19.6. The van der Waals surface area contributed by atoms with Crippen molar-refractivity contribution in [3.05, 3.63) is 35.6 Å². The first-order chi connectivity index (χ1) is 14.5. The number of likely N-dealkylation sites (tertiary alicyclic amines) is 1. The number of likely N-dealkylation sites (N-methyl/N-ethyl adjacent to an activating group) is 1. The zero-order valence-corrected chi connectivity index (χ0v) is 20.5. The Morgan fingerprint density at radius 1 is 1.06 bits per heavy atom. The lowest BCUT2D eigenvalue weighted by Gasteiger charge is -2.41. The number of benzene rings is 1. The highest BCUT2D eigenvalue weighted by atomic mass is 31.2. The predicted octanol–water partition coefficient (Wildman–Crippen LogP) is 5.05. The minimum atomic E-state index is -3.68. The van der Waals surface area contributed by atoms with Crippen molar-refractivity contribution in [1.29, 1.82) is 0 Å². The summed E-state index contributed by atoms with van der Waals surface area (Å²) in [5.41, 5.74) is -0.251. The quantitative estimate of drug-likeness (QED) is 0.580. The number of rotatable bonds is 5. The Kier molecular flexibility index (Phi) is 5.49. The molecule has 0 spiro atoms. The summed E-state index contributed by atoms with van der Waals surface area (Å²) in [6.45, 7) is 8.47. The molecule has 2 fully saturated rings. The van der Waals surface area contributed by atoms with Crippen LogP contribution in [0.2, 0.25) is 0 Å².